The number of anilines is 1. The molecule has 25 heavy (non-hydrogen) atoms. The molecule has 1 aliphatic heterocycles. The molecule has 2 fully saturated rings. The molecule has 2 N–H and O–H groups in total. The lowest BCUT2D eigenvalue weighted by Crippen LogP contribution is -2.54. The van der Waals surface area contributed by atoms with Gasteiger partial charge in [-0.15, -0.1) is 11.3 Å². The van der Waals surface area contributed by atoms with Gasteiger partial charge in [0.15, 0.2) is 5.13 Å². The summed E-state index contributed by atoms with van der Waals surface area (Å²) in [7, 11) is 0. The molecule has 2 unspecified atom stereocenters. The third kappa shape index (κ3) is 3.53. The molecule has 136 valence electrons. The third-order valence-corrected chi connectivity index (χ3v) is 5.62. The molecule has 7 nitrogen and oxygen atoms in total. The fourth-order valence-electron chi connectivity index (χ4n) is 4.36. The lowest BCUT2D eigenvalue weighted by atomic mass is 9.64. The van der Waals surface area contributed by atoms with E-state index in [0.29, 0.717) is 23.9 Å². The lowest BCUT2D eigenvalue weighted by Gasteiger charge is -2.43. The number of imide groups is 1. The zero-order valence-electron chi connectivity index (χ0n) is 15.0. The number of carbonyl (C=O) groups excluding carboxylic acids is 3. The van der Waals surface area contributed by atoms with E-state index in [9.17, 15) is 14.4 Å². The fourth-order valence-corrected chi connectivity index (χ4v) is 5.05. The quantitative estimate of drug-likeness (QED) is 0.806. The number of nitrogens with one attached hydrogen (secondary N) is 2. The van der Waals surface area contributed by atoms with E-state index in [4.69, 9.17) is 0 Å². The van der Waals surface area contributed by atoms with Crippen LogP contribution in [-0.2, 0) is 9.59 Å². The largest absolute Gasteiger partial charge is 0.325 e. The van der Waals surface area contributed by atoms with E-state index in [0.717, 1.165) is 16.2 Å². The smallest absolute Gasteiger partial charge is 0.323 e. The van der Waals surface area contributed by atoms with Gasteiger partial charge in [0.25, 0.3) is 5.91 Å². The van der Waals surface area contributed by atoms with E-state index in [2.05, 4.69) is 36.4 Å². The number of hydrogen-bond acceptors (Lipinski definition) is 5. The second kappa shape index (κ2) is 6.09. The number of rotatable bonds is 3. The van der Waals surface area contributed by atoms with E-state index < -0.39 is 17.5 Å². The van der Waals surface area contributed by atoms with Crippen LogP contribution in [0.1, 0.15) is 44.9 Å². The molecule has 0 bridgehead atoms. The first-order valence-electron chi connectivity index (χ1n) is 8.47. The van der Waals surface area contributed by atoms with E-state index in [-0.39, 0.29) is 17.9 Å². The molecule has 1 aromatic rings. The van der Waals surface area contributed by atoms with Gasteiger partial charge in [-0.2, -0.15) is 0 Å². The number of hydrogen-bond donors (Lipinski definition) is 2. The highest BCUT2D eigenvalue weighted by Crippen LogP contribution is 2.46. The zero-order chi connectivity index (χ0) is 18.4. The molecule has 1 saturated heterocycles. The summed E-state index contributed by atoms with van der Waals surface area (Å²) >= 11 is 1.35. The second-order valence-corrected chi connectivity index (χ2v) is 9.32. The van der Waals surface area contributed by atoms with Crippen molar-refractivity contribution in [1.82, 2.24) is 15.2 Å². The minimum Gasteiger partial charge on any atom is -0.323 e. The van der Waals surface area contributed by atoms with Gasteiger partial charge in [-0.05, 0) is 37.5 Å². The molecular weight excluding hydrogens is 340 g/mol. The summed E-state index contributed by atoms with van der Waals surface area (Å²) < 4.78 is 0. The fraction of sp³-hybridized carbons (Fsp3) is 0.647. The zero-order valence-corrected chi connectivity index (χ0v) is 15.8. The highest BCUT2D eigenvalue weighted by Gasteiger charge is 2.56. The molecule has 2 atom stereocenters. The van der Waals surface area contributed by atoms with Crippen molar-refractivity contribution in [3.05, 3.63) is 11.1 Å². The molecule has 2 aliphatic rings. The first-order chi connectivity index (χ1) is 11.6. The van der Waals surface area contributed by atoms with Crippen LogP contribution in [-0.4, -0.2) is 39.8 Å². The number of carbonyl (C=O) groups is 3. The molecule has 0 aromatic carbocycles. The maximum Gasteiger partial charge on any atom is 0.325 e. The number of aromatic nitrogens is 1. The molecule has 8 heteroatoms. The Morgan fingerprint density at radius 3 is 2.76 bits per heavy atom. The second-order valence-electron chi connectivity index (χ2n) is 8.08. The van der Waals surface area contributed by atoms with Crippen molar-refractivity contribution in [1.29, 1.82) is 0 Å². The Morgan fingerprint density at radius 2 is 2.16 bits per heavy atom. The van der Waals surface area contributed by atoms with E-state index >= 15 is 0 Å². The summed E-state index contributed by atoms with van der Waals surface area (Å²) in [5.41, 5.74) is -0.909. The molecule has 0 radical (unpaired) electrons. The van der Waals surface area contributed by atoms with Crippen LogP contribution in [0.25, 0.3) is 0 Å². The van der Waals surface area contributed by atoms with Gasteiger partial charge in [0, 0.05) is 11.1 Å². The predicted molar refractivity (Wildman–Crippen MR) is 95.3 cm³/mol. The van der Waals surface area contributed by atoms with Crippen LogP contribution in [0.2, 0.25) is 0 Å². The number of urea groups is 1. The first kappa shape index (κ1) is 17.8. The summed E-state index contributed by atoms with van der Waals surface area (Å²) in [6.07, 6.45) is 3.89. The molecule has 1 aliphatic carbocycles. The first-order valence-corrected chi connectivity index (χ1v) is 9.28. The van der Waals surface area contributed by atoms with Crippen LogP contribution >= 0.6 is 11.3 Å². The Morgan fingerprint density at radius 1 is 1.44 bits per heavy atom. The number of nitrogens with zero attached hydrogens (tertiary/aromatic N) is 2. The van der Waals surface area contributed by atoms with Crippen molar-refractivity contribution in [3.63, 3.8) is 0 Å². The number of amides is 4. The lowest BCUT2D eigenvalue weighted by molar-refractivity contribution is -0.136. The van der Waals surface area contributed by atoms with Gasteiger partial charge in [0.1, 0.15) is 12.1 Å². The van der Waals surface area contributed by atoms with Gasteiger partial charge in [-0.1, -0.05) is 20.8 Å². The van der Waals surface area contributed by atoms with Crippen LogP contribution < -0.4 is 10.6 Å². The van der Waals surface area contributed by atoms with Crippen LogP contribution in [0, 0.1) is 18.3 Å². The molecule has 4 amide bonds. The minimum absolute atomic E-state index is 0.0305. The Labute approximate surface area is 151 Å². The Kier molecular flexibility index (Phi) is 4.35. The van der Waals surface area contributed by atoms with Crippen LogP contribution in [0.4, 0.5) is 9.93 Å². The van der Waals surface area contributed by atoms with Gasteiger partial charge in [-0.3, -0.25) is 14.5 Å². The van der Waals surface area contributed by atoms with E-state index in [1.54, 1.807) is 6.20 Å². The molecule has 1 spiro atoms. The Bertz CT molecular complexity index is 729. The standard InChI is InChI=1S/C17H24N4O3S/c1-10-5-16(3,4)9-17(6-10)13(23)21(15(24)20-17)8-12(22)19-14-18-7-11(2)25-14/h7,10H,5-6,8-9H2,1-4H3,(H,20,24)(H,18,19,22). The topological polar surface area (TPSA) is 91.4 Å². The molecule has 3 rings (SSSR count). The molecule has 2 heterocycles. The average molecular weight is 364 g/mol. The molecule has 1 aromatic heterocycles. The van der Waals surface area contributed by atoms with Gasteiger partial charge >= 0.3 is 6.03 Å². The number of thiazole rings is 1. The highest BCUT2D eigenvalue weighted by molar-refractivity contribution is 7.15. The highest BCUT2D eigenvalue weighted by atomic mass is 32.1. The van der Waals surface area contributed by atoms with Crippen molar-refractivity contribution < 1.29 is 14.4 Å². The van der Waals surface area contributed by atoms with E-state index in [1.807, 2.05) is 6.92 Å². The summed E-state index contributed by atoms with van der Waals surface area (Å²) in [6, 6.07) is -0.486. The summed E-state index contributed by atoms with van der Waals surface area (Å²) in [6.45, 7) is 7.93. The van der Waals surface area contributed by atoms with Crippen molar-refractivity contribution in [2.45, 2.75) is 52.5 Å². The third-order valence-electron chi connectivity index (χ3n) is 4.79. The van der Waals surface area contributed by atoms with Gasteiger partial charge in [0.2, 0.25) is 5.91 Å². The molecular formula is C17H24N4O3S. The minimum atomic E-state index is -0.879. The van der Waals surface area contributed by atoms with Crippen molar-refractivity contribution >= 4 is 34.3 Å². The van der Waals surface area contributed by atoms with Crippen molar-refractivity contribution in [2.24, 2.45) is 11.3 Å². The van der Waals surface area contributed by atoms with Gasteiger partial charge in [0.05, 0.1) is 0 Å². The van der Waals surface area contributed by atoms with Crippen molar-refractivity contribution in [2.75, 3.05) is 11.9 Å². The predicted octanol–water partition coefficient (Wildman–Crippen LogP) is 2.53. The normalized spacial score (nSPS) is 28.3. The Hall–Kier alpha value is -1.96. The van der Waals surface area contributed by atoms with Crippen LogP contribution in [0.5, 0.6) is 0 Å². The maximum atomic E-state index is 13.0. The Balaban J connectivity index is 1.72. The van der Waals surface area contributed by atoms with Crippen molar-refractivity contribution in [3.8, 4) is 0 Å². The SMILES string of the molecule is Cc1cnc(NC(=O)CN2C(=O)NC3(CC(C)CC(C)(C)C3)C2=O)s1. The van der Waals surface area contributed by atoms with Crippen LogP contribution in [0.15, 0.2) is 6.20 Å². The van der Waals surface area contributed by atoms with E-state index in [1.165, 1.54) is 11.3 Å². The summed E-state index contributed by atoms with van der Waals surface area (Å²) in [5, 5.41) is 5.98. The summed E-state index contributed by atoms with van der Waals surface area (Å²) in [5.74, 6) is -0.374. The van der Waals surface area contributed by atoms with Gasteiger partial charge in [-0.25, -0.2) is 9.78 Å². The number of aryl methyl sites for hydroxylation is 1. The monoisotopic (exact) mass is 364 g/mol. The summed E-state index contributed by atoms with van der Waals surface area (Å²) in [4.78, 5) is 43.6. The maximum absolute atomic E-state index is 13.0. The van der Waals surface area contributed by atoms with Gasteiger partial charge < -0.3 is 10.6 Å². The van der Waals surface area contributed by atoms with Crippen LogP contribution in [0.3, 0.4) is 0 Å². The molecule has 1 saturated carbocycles. The average Bonchev–Trinajstić information content (AvgIpc) is 2.94.